The first-order valence-corrected chi connectivity index (χ1v) is 8.72. The van der Waals surface area contributed by atoms with Crippen LogP contribution in [0.4, 0.5) is 4.79 Å². The molecule has 6 nitrogen and oxygen atoms in total. The van der Waals surface area contributed by atoms with Crippen molar-refractivity contribution in [3.63, 3.8) is 0 Å². The summed E-state index contributed by atoms with van der Waals surface area (Å²) in [6, 6.07) is 8.76. The van der Waals surface area contributed by atoms with Gasteiger partial charge in [-0.1, -0.05) is 30.4 Å². The number of amides is 1. The second kappa shape index (κ2) is 7.23. The molecule has 0 unspecified atom stereocenters. The highest BCUT2D eigenvalue weighted by molar-refractivity contribution is 6.21. The monoisotopic (exact) mass is 367 g/mol. The van der Waals surface area contributed by atoms with Gasteiger partial charge in [-0.05, 0) is 50.3 Å². The molecule has 0 spiro atoms. The van der Waals surface area contributed by atoms with Crippen LogP contribution in [0, 0.1) is 0 Å². The molecular weight excluding hydrogens is 346 g/mol. The van der Waals surface area contributed by atoms with E-state index in [-0.39, 0.29) is 0 Å². The fourth-order valence-corrected chi connectivity index (χ4v) is 2.89. The molecule has 0 bridgehead atoms. The van der Waals surface area contributed by atoms with E-state index in [1.807, 2.05) is 45.1 Å². The third-order valence-corrected chi connectivity index (χ3v) is 3.98. The van der Waals surface area contributed by atoms with Crippen molar-refractivity contribution in [2.75, 3.05) is 6.54 Å². The van der Waals surface area contributed by atoms with E-state index in [1.165, 1.54) is 0 Å². The van der Waals surface area contributed by atoms with E-state index in [1.54, 1.807) is 18.2 Å². The lowest BCUT2D eigenvalue weighted by Crippen LogP contribution is -2.32. The topological polar surface area (TPSA) is 81.7 Å². The number of carbonyl (C=O) groups excluding carboxylic acids is 3. The minimum atomic E-state index is -0.624. The van der Waals surface area contributed by atoms with E-state index in [9.17, 15) is 14.4 Å². The second-order valence-corrected chi connectivity index (χ2v) is 7.23. The molecule has 1 N–H and O–H groups in total. The van der Waals surface area contributed by atoms with E-state index in [0.29, 0.717) is 29.5 Å². The Morgan fingerprint density at radius 3 is 2.52 bits per heavy atom. The molecule has 0 fully saturated rings. The molecule has 6 heteroatoms. The molecule has 0 atom stereocenters. The number of esters is 2. The Morgan fingerprint density at radius 1 is 1.11 bits per heavy atom. The summed E-state index contributed by atoms with van der Waals surface area (Å²) in [6.45, 7) is 5.87. The van der Waals surface area contributed by atoms with Gasteiger partial charge in [-0.25, -0.2) is 14.4 Å². The van der Waals surface area contributed by atoms with E-state index in [0.717, 1.165) is 10.9 Å². The predicted octanol–water partition coefficient (Wildman–Crippen LogP) is 4.08. The zero-order valence-electron chi connectivity index (χ0n) is 15.5. The zero-order chi connectivity index (χ0) is 19.6. The molecule has 1 amide bonds. The molecule has 0 saturated heterocycles. The van der Waals surface area contributed by atoms with Gasteiger partial charge in [-0.2, -0.15) is 0 Å². The normalized spacial score (nSPS) is 13.7. The molecule has 140 valence electrons. The lowest BCUT2D eigenvalue weighted by molar-refractivity contribution is 0.0389. The fraction of sp³-hybridized carbons (Fsp3) is 0.286. The van der Waals surface area contributed by atoms with Gasteiger partial charge in [0, 0.05) is 11.9 Å². The van der Waals surface area contributed by atoms with Crippen molar-refractivity contribution in [2.45, 2.75) is 32.8 Å². The van der Waals surface area contributed by atoms with Crippen molar-refractivity contribution in [1.82, 2.24) is 5.32 Å². The Bertz CT molecular complexity index is 933. The highest BCUT2D eigenvalue weighted by Crippen LogP contribution is 2.31. The van der Waals surface area contributed by atoms with Gasteiger partial charge in [0.15, 0.2) is 0 Å². The number of alkyl carbamates (subject to hydrolysis) is 1. The quantitative estimate of drug-likeness (QED) is 0.500. The maximum Gasteiger partial charge on any atom is 0.407 e. The average Bonchev–Trinajstić information content (AvgIpc) is 2.58. The predicted molar refractivity (Wildman–Crippen MR) is 102 cm³/mol. The molecule has 1 heterocycles. The first-order chi connectivity index (χ1) is 12.8. The number of nitrogens with one attached hydrogen (secondary N) is 1. The highest BCUT2D eigenvalue weighted by atomic mass is 16.6. The Morgan fingerprint density at radius 2 is 1.81 bits per heavy atom. The van der Waals surface area contributed by atoms with E-state index in [4.69, 9.17) is 9.47 Å². The average molecular weight is 367 g/mol. The lowest BCUT2D eigenvalue weighted by Gasteiger charge is -2.19. The molecule has 0 saturated carbocycles. The van der Waals surface area contributed by atoms with Gasteiger partial charge >= 0.3 is 18.0 Å². The number of carbonyl (C=O) groups is 3. The van der Waals surface area contributed by atoms with Gasteiger partial charge < -0.3 is 14.8 Å². The summed E-state index contributed by atoms with van der Waals surface area (Å²) in [4.78, 5) is 35.5. The third-order valence-electron chi connectivity index (χ3n) is 3.98. The Labute approximate surface area is 157 Å². The Kier molecular flexibility index (Phi) is 4.99. The standard InChI is InChI=1S/C21H21NO5/c1-21(2,3)27-20(25)22-12-5-4-7-13-10-11-16-17-14(13)8-6-9-15(17)18(23)26-19(16)24/h4,6-11H,5,12H2,1-3H3,(H,22,25). The summed E-state index contributed by atoms with van der Waals surface area (Å²) in [5, 5.41) is 4.12. The summed E-state index contributed by atoms with van der Waals surface area (Å²) in [5.41, 5.74) is 1.14. The highest BCUT2D eigenvalue weighted by Gasteiger charge is 2.27. The molecular formula is C21H21NO5. The van der Waals surface area contributed by atoms with E-state index >= 15 is 0 Å². The minimum Gasteiger partial charge on any atom is -0.444 e. The van der Waals surface area contributed by atoms with Crippen LogP contribution in [-0.2, 0) is 9.47 Å². The molecule has 0 aromatic heterocycles. The molecule has 27 heavy (non-hydrogen) atoms. The van der Waals surface area contributed by atoms with Crippen LogP contribution in [0.15, 0.2) is 36.4 Å². The maximum atomic E-state index is 11.9. The molecule has 1 aliphatic rings. The number of cyclic esters (lactones) is 2. The van der Waals surface area contributed by atoms with E-state index in [2.05, 4.69) is 5.32 Å². The van der Waals surface area contributed by atoms with Gasteiger partial charge in [-0.15, -0.1) is 0 Å². The SMILES string of the molecule is CC(C)(C)OC(=O)NCCC=Cc1ccc2c3c(cccc13)C(=O)OC2=O. The third kappa shape index (κ3) is 4.16. The van der Waals surface area contributed by atoms with Crippen molar-refractivity contribution >= 4 is 34.9 Å². The number of hydrogen-bond donors (Lipinski definition) is 1. The van der Waals surface area contributed by atoms with Crippen molar-refractivity contribution in [3.05, 3.63) is 53.1 Å². The van der Waals surface area contributed by atoms with Gasteiger partial charge in [0.1, 0.15) is 5.60 Å². The summed E-state index contributed by atoms with van der Waals surface area (Å²) >= 11 is 0. The molecule has 2 aromatic carbocycles. The summed E-state index contributed by atoms with van der Waals surface area (Å²) in [6.07, 6.45) is 3.99. The van der Waals surface area contributed by atoms with Crippen molar-refractivity contribution < 1.29 is 23.9 Å². The molecule has 1 aliphatic heterocycles. The fourth-order valence-electron chi connectivity index (χ4n) is 2.89. The molecule has 3 rings (SSSR count). The molecule has 0 aliphatic carbocycles. The molecule has 0 radical (unpaired) electrons. The van der Waals surface area contributed by atoms with Gasteiger partial charge in [0.2, 0.25) is 0 Å². The van der Waals surface area contributed by atoms with Crippen LogP contribution >= 0.6 is 0 Å². The summed E-state index contributed by atoms with van der Waals surface area (Å²) in [5.74, 6) is -1.25. The summed E-state index contributed by atoms with van der Waals surface area (Å²) in [7, 11) is 0. The van der Waals surface area contributed by atoms with Crippen LogP contribution < -0.4 is 5.32 Å². The van der Waals surface area contributed by atoms with Crippen molar-refractivity contribution in [3.8, 4) is 0 Å². The zero-order valence-corrected chi connectivity index (χ0v) is 15.5. The van der Waals surface area contributed by atoms with Crippen LogP contribution in [-0.4, -0.2) is 30.2 Å². The Balaban J connectivity index is 1.73. The minimum absolute atomic E-state index is 0.393. The number of hydrogen-bond acceptors (Lipinski definition) is 5. The first-order valence-electron chi connectivity index (χ1n) is 8.72. The van der Waals surface area contributed by atoms with Crippen LogP contribution in [0.2, 0.25) is 0 Å². The van der Waals surface area contributed by atoms with Crippen LogP contribution in [0.25, 0.3) is 16.8 Å². The smallest absolute Gasteiger partial charge is 0.407 e. The van der Waals surface area contributed by atoms with Crippen LogP contribution in [0.1, 0.15) is 53.5 Å². The molecule has 2 aromatic rings. The van der Waals surface area contributed by atoms with Gasteiger partial charge in [0.25, 0.3) is 0 Å². The van der Waals surface area contributed by atoms with E-state index < -0.39 is 23.6 Å². The summed E-state index contributed by atoms with van der Waals surface area (Å²) < 4.78 is 9.94. The maximum absolute atomic E-state index is 11.9. The number of benzene rings is 2. The first kappa shape index (κ1) is 18.6. The number of rotatable bonds is 4. The van der Waals surface area contributed by atoms with Crippen LogP contribution in [0.3, 0.4) is 0 Å². The number of ether oxygens (including phenoxy) is 2. The van der Waals surface area contributed by atoms with Gasteiger partial charge in [0.05, 0.1) is 11.1 Å². The second-order valence-electron chi connectivity index (χ2n) is 7.23. The Hall–Kier alpha value is -3.15. The van der Waals surface area contributed by atoms with Crippen molar-refractivity contribution in [2.24, 2.45) is 0 Å². The lowest BCUT2D eigenvalue weighted by atomic mass is 9.93. The van der Waals surface area contributed by atoms with Gasteiger partial charge in [-0.3, -0.25) is 0 Å². The van der Waals surface area contributed by atoms with Crippen LogP contribution in [0.5, 0.6) is 0 Å². The largest absolute Gasteiger partial charge is 0.444 e. The van der Waals surface area contributed by atoms with Crippen molar-refractivity contribution in [1.29, 1.82) is 0 Å².